The van der Waals surface area contributed by atoms with Crippen molar-refractivity contribution in [1.29, 1.82) is 0 Å². The maximum absolute atomic E-state index is 13.6. The normalized spacial score (nSPS) is 11.6. The first-order valence-electron chi connectivity index (χ1n) is 43.4. The van der Waals surface area contributed by atoms with Crippen LogP contribution in [0.15, 0.2) is 532 Å². The molecule has 0 bridgehead atoms. The number of hydrogen-bond donors (Lipinski definition) is 0. The van der Waals surface area contributed by atoms with Gasteiger partial charge in [-0.3, -0.25) is 0 Å². The van der Waals surface area contributed by atoms with Gasteiger partial charge in [-0.15, -0.1) is 0 Å². The third-order valence-corrected chi connectivity index (χ3v) is 33.6. The molecule has 0 nitrogen and oxygen atoms in total. The lowest BCUT2D eigenvalue weighted by Crippen LogP contribution is -2.12. The Morgan fingerprint density at radius 1 is 0.175 bits per heavy atom. The van der Waals surface area contributed by atoms with Crippen LogP contribution in [0.25, 0.3) is 0 Å². The zero-order valence-corrected chi connectivity index (χ0v) is 80.7. The standard InChI is InChI=1S/C21H29S.2C20H16F3S.C19H14F3S.C18H11F4S.C18H13F2S/c1-20(2,3)16-8-12-18(13-9-16)22(7)19-14-10-17(11-15-19)21(4,5)6;2*21-20(22,23)15-16-8-7-13-19(14-16)24(17-9-3-1-4-10-17)18-11-5-2-6-12-18;20-19(21,22)15-8-7-13-18(14-15)23(16-9-3-1-4-10-16)17-11-5-2-6-12-17;19-12-6-13(20)9-17(8-12)23(16-4-2-1-3-5-16)18-10-14(21)7-15(22)11-18;19-14-6-4-10-17(12-14)21(16-8-2-1-3-9-16)18-11-5-7-15(20)13-18/h8-15H,1-7H3;2*1-14H,15H2;1-14H;1-11H;1-13H/q6*+1. The van der Waals surface area contributed by atoms with Crippen LogP contribution >= 0.6 is 0 Å². The van der Waals surface area contributed by atoms with Crippen molar-refractivity contribution in [3.05, 3.63) is 512 Å². The van der Waals surface area contributed by atoms with Crippen LogP contribution in [0.5, 0.6) is 0 Å². The molecule has 0 aliphatic rings. The molecule has 0 N–H and O–H groups in total. The van der Waals surface area contributed by atoms with Crippen LogP contribution in [0.3, 0.4) is 0 Å². The van der Waals surface area contributed by atoms with E-state index in [4.69, 9.17) is 0 Å². The Labute approximate surface area is 810 Å². The molecule has 0 atom stereocenters. The fraction of sp³-hybridized carbons (Fsp3) is 0.121. The van der Waals surface area contributed by atoms with Crippen molar-refractivity contribution in [3.8, 4) is 0 Å². The lowest BCUT2D eigenvalue weighted by molar-refractivity contribution is -0.137. The Morgan fingerprint density at radius 3 is 0.613 bits per heavy atom. The van der Waals surface area contributed by atoms with E-state index in [1.165, 1.54) is 93.7 Å². The van der Waals surface area contributed by atoms with Crippen molar-refractivity contribution in [3.63, 3.8) is 0 Å². The maximum atomic E-state index is 13.6. The van der Waals surface area contributed by atoms with Crippen molar-refractivity contribution in [2.75, 3.05) is 6.26 Å². The second kappa shape index (κ2) is 48.7. The Balaban J connectivity index is 0.000000148. The van der Waals surface area contributed by atoms with E-state index in [-0.39, 0.29) is 33.4 Å². The number of halogens is 15. The quantitative estimate of drug-likeness (QED) is 0.0559. The molecule has 0 radical (unpaired) electrons. The second-order valence-electron chi connectivity index (χ2n) is 33.1. The van der Waals surface area contributed by atoms with Crippen LogP contribution in [0.2, 0.25) is 0 Å². The molecule has 17 aromatic rings. The summed E-state index contributed by atoms with van der Waals surface area (Å²) >= 11 is 0. The van der Waals surface area contributed by atoms with Gasteiger partial charge in [0, 0.05) is 54.6 Å². The topological polar surface area (TPSA) is 0 Å². The fourth-order valence-corrected chi connectivity index (χ4v) is 26.4. The summed E-state index contributed by atoms with van der Waals surface area (Å²) in [6.45, 7) is 13.6. The highest BCUT2D eigenvalue weighted by Gasteiger charge is 2.39. The summed E-state index contributed by atoms with van der Waals surface area (Å²) in [6, 6.07) is 134. The lowest BCUT2D eigenvalue weighted by atomic mass is 9.87. The highest BCUT2D eigenvalue weighted by molar-refractivity contribution is 7.98. The minimum absolute atomic E-state index is 0.133. The van der Waals surface area contributed by atoms with Crippen molar-refractivity contribution in [1.82, 2.24) is 0 Å². The van der Waals surface area contributed by atoms with Crippen molar-refractivity contribution in [2.24, 2.45) is 0 Å². The summed E-state index contributed by atoms with van der Waals surface area (Å²) in [5.41, 5.74) is 3.22. The SMILES string of the molecule is C[S+](c1ccc(C(C)(C)C)cc1)c1ccc(C(C)(C)C)cc1.FC(F)(F)Cc1cccc([S+](c2ccccc2)c2ccccc2)c1.FC(F)(F)Cc1cccc([S+](c2ccccc2)c2ccccc2)c1.FC(F)(F)c1cccc([S+](c2ccccc2)c2ccccc2)c1.Fc1cc(F)cc([S+](c2ccccc2)c2cc(F)cc(F)c2)c1.Fc1cccc([S+](c2ccccc2)c2cccc(F)c2)c1. The first-order chi connectivity index (χ1) is 65.5. The largest absolute Gasteiger partial charge is 0.416 e. The lowest BCUT2D eigenvalue weighted by Gasteiger charge is -2.19. The number of rotatable bonds is 19. The molecule has 0 saturated heterocycles. The van der Waals surface area contributed by atoms with E-state index >= 15 is 0 Å². The van der Waals surface area contributed by atoms with Gasteiger partial charge in [-0.05, 0) is 215 Å². The Hall–Kier alpha value is -12.2. The molecular weight excluding hydrogens is 1870 g/mol. The minimum Gasteiger partial charge on any atom is -0.207 e. The van der Waals surface area contributed by atoms with E-state index < -0.39 is 115 Å². The van der Waals surface area contributed by atoms with E-state index in [1.54, 1.807) is 72.8 Å². The average Bonchev–Trinajstić information content (AvgIpc) is 0.752. The van der Waals surface area contributed by atoms with Crippen LogP contribution in [-0.2, 0) is 95.2 Å². The van der Waals surface area contributed by atoms with Crippen LogP contribution in [0, 0.1) is 34.9 Å². The van der Waals surface area contributed by atoms with Crippen molar-refractivity contribution >= 4 is 65.4 Å². The predicted molar refractivity (Wildman–Crippen MR) is 532 cm³/mol. The van der Waals surface area contributed by atoms with Crippen LogP contribution in [0.1, 0.15) is 69.4 Å². The van der Waals surface area contributed by atoms with E-state index in [1.807, 2.05) is 237 Å². The molecular formula is C116H99F15S6+6. The molecule has 17 rings (SSSR count). The molecule has 0 aliphatic carbocycles. The average molecular weight is 1970 g/mol. The summed E-state index contributed by atoms with van der Waals surface area (Å²) in [5.74, 6) is -3.49. The van der Waals surface area contributed by atoms with Gasteiger partial charge < -0.3 is 0 Å². The van der Waals surface area contributed by atoms with Crippen molar-refractivity contribution < 1.29 is 65.9 Å². The van der Waals surface area contributed by atoms with Crippen molar-refractivity contribution in [2.45, 2.75) is 167 Å². The van der Waals surface area contributed by atoms with E-state index in [2.05, 4.69) is 96.3 Å². The summed E-state index contributed by atoms with van der Waals surface area (Å²) in [4.78, 5) is 15.7. The summed E-state index contributed by atoms with van der Waals surface area (Å²) in [7, 11) is -2.80. The van der Waals surface area contributed by atoms with Gasteiger partial charge in [-0.1, -0.05) is 254 Å². The first-order valence-corrected chi connectivity index (χ1v) is 51.1. The molecule has 0 aromatic heterocycles. The molecule has 0 aliphatic heterocycles. The molecule has 137 heavy (non-hydrogen) atoms. The van der Waals surface area contributed by atoms with Gasteiger partial charge in [-0.2, -0.15) is 39.5 Å². The third-order valence-electron chi connectivity index (χ3n) is 20.7. The number of alkyl halides is 9. The molecule has 17 aromatic carbocycles. The molecule has 0 amide bonds. The van der Waals surface area contributed by atoms with E-state index in [0.717, 1.165) is 72.0 Å². The monoisotopic (exact) mass is 1970 g/mol. The number of hydrogen-bond acceptors (Lipinski definition) is 0. The van der Waals surface area contributed by atoms with Gasteiger partial charge in [0.15, 0.2) is 83.2 Å². The Morgan fingerprint density at radius 2 is 0.380 bits per heavy atom. The van der Waals surface area contributed by atoms with Crippen LogP contribution < -0.4 is 0 Å². The summed E-state index contributed by atoms with van der Waals surface area (Å²) in [5, 5.41) is 0. The second-order valence-corrected chi connectivity index (χ2v) is 45.2. The number of benzene rings is 17. The van der Waals surface area contributed by atoms with E-state index in [0.29, 0.717) is 30.7 Å². The first kappa shape index (κ1) is 104. The molecule has 698 valence electrons. The molecule has 21 heteroatoms. The summed E-state index contributed by atoms with van der Waals surface area (Å²) in [6.07, 6.45) is -12.2. The Bertz CT molecular complexity index is 6140. The highest BCUT2D eigenvalue weighted by Crippen LogP contribution is 2.41. The molecule has 0 fully saturated rings. The zero-order valence-electron chi connectivity index (χ0n) is 75.8. The van der Waals surface area contributed by atoms with Gasteiger partial charge >= 0.3 is 18.5 Å². The zero-order chi connectivity index (χ0) is 97.9. The van der Waals surface area contributed by atoms with E-state index in [9.17, 15) is 65.9 Å². The maximum Gasteiger partial charge on any atom is 0.416 e. The van der Waals surface area contributed by atoms with Gasteiger partial charge in [0.1, 0.15) is 41.2 Å². The predicted octanol–water partition coefficient (Wildman–Crippen LogP) is 33.9. The molecule has 0 heterocycles. The fourth-order valence-electron chi connectivity index (χ4n) is 14.3. The minimum atomic E-state index is -4.33. The molecule has 0 spiro atoms. The van der Waals surface area contributed by atoms with Gasteiger partial charge in [0.2, 0.25) is 0 Å². The van der Waals surface area contributed by atoms with Gasteiger partial charge in [0.05, 0.1) is 83.8 Å². The van der Waals surface area contributed by atoms with Crippen LogP contribution in [0.4, 0.5) is 65.9 Å². The van der Waals surface area contributed by atoms with Gasteiger partial charge in [-0.25, -0.2) is 26.3 Å². The van der Waals surface area contributed by atoms with Crippen LogP contribution in [-0.4, -0.2) is 18.6 Å². The molecule has 0 saturated carbocycles. The smallest absolute Gasteiger partial charge is 0.207 e. The third kappa shape index (κ3) is 31.4. The molecule has 0 unspecified atom stereocenters. The van der Waals surface area contributed by atoms with Gasteiger partial charge in [0.25, 0.3) is 0 Å². The Kier molecular flexibility index (Phi) is 36.9. The summed E-state index contributed by atoms with van der Waals surface area (Å²) < 4.78 is 197. The highest BCUT2D eigenvalue weighted by atomic mass is 32.2.